The van der Waals surface area contributed by atoms with Gasteiger partial charge in [0.1, 0.15) is 5.75 Å². The van der Waals surface area contributed by atoms with Gasteiger partial charge in [0, 0.05) is 11.5 Å². The van der Waals surface area contributed by atoms with Crippen molar-refractivity contribution < 1.29 is 4.74 Å². The summed E-state index contributed by atoms with van der Waals surface area (Å²) in [5.41, 5.74) is 1.22. The summed E-state index contributed by atoms with van der Waals surface area (Å²) < 4.78 is 5.60. The molecule has 1 aromatic rings. The van der Waals surface area contributed by atoms with Crippen LogP contribution in [0.1, 0.15) is 18.4 Å². The lowest BCUT2D eigenvalue weighted by molar-refractivity contribution is 0.315. The van der Waals surface area contributed by atoms with Crippen LogP contribution < -0.4 is 10.1 Å². The maximum absolute atomic E-state index is 5.60. The summed E-state index contributed by atoms with van der Waals surface area (Å²) in [5.74, 6) is 4.05. The van der Waals surface area contributed by atoms with Gasteiger partial charge >= 0.3 is 0 Å². The van der Waals surface area contributed by atoms with Gasteiger partial charge < -0.3 is 10.1 Å². The lowest BCUT2D eigenvalue weighted by Crippen LogP contribution is -2.34. The van der Waals surface area contributed by atoms with E-state index in [0.29, 0.717) is 6.61 Å². The molecular formula is C13H15NO. The zero-order valence-corrected chi connectivity index (χ0v) is 8.86. The highest BCUT2D eigenvalue weighted by molar-refractivity contribution is 5.41. The van der Waals surface area contributed by atoms with Crippen LogP contribution in [0.4, 0.5) is 0 Å². The van der Waals surface area contributed by atoms with E-state index in [2.05, 4.69) is 24.2 Å². The zero-order chi connectivity index (χ0) is 10.7. The van der Waals surface area contributed by atoms with E-state index >= 15 is 0 Å². The molecule has 78 valence electrons. The van der Waals surface area contributed by atoms with Crippen LogP contribution in [0.25, 0.3) is 0 Å². The maximum Gasteiger partial charge on any atom is 0.123 e. The number of hydrogen-bond acceptors (Lipinski definition) is 2. The van der Waals surface area contributed by atoms with E-state index in [1.54, 1.807) is 0 Å². The first-order valence-corrected chi connectivity index (χ1v) is 5.28. The highest BCUT2D eigenvalue weighted by atomic mass is 16.5. The molecule has 0 amide bonds. The van der Waals surface area contributed by atoms with Crippen molar-refractivity contribution in [1.29, 1.82) is 0 Å². The Labute approximate surface area is 90.6 Å². The van der Waals surface area contributed by atoms with Gasteiger partial charge in [-0.25, -0.2) is 0 Å². The fourth-order valence-electron chi connectivity index (χ4n) is 2.00. The molecule has 1 aliphatic rings. The minimum atomic E-state index is 0.0682. The Bertz CT molecular complexity index is 380. The molecule has 1 heterocycles. The van der Waals surface area contributed by atoms with E-state index in [9.17, 15) is 0 Å². The van der Waals surface area contributed by atoms with Crippen molar-refractivity contribution in [2.45, 2.75) is 18.9 Å². The van der Waals surface area contributed by atoms with Gasteiger partial charge in [0.2, 0.25) is 0 Å². The summed E-state index contributed by atoms with van der Waals surface area (Å²) in [6.07, 6.45) is 5.53. The SMILES string of the molecule is C#CC(NCC)C1COc2ccccc21. The van der Waals surface area contributed by atoms with E-state index in [1.807, 2.05) is 18.2 Å². The van der Waals surface area contributed by atoms with Crippen LogP contribution in [0.3, 0.4) is 0 Å². The molecule has 0 fully saturated rings. The van der Waals surface area contributed by atoms with Crippen molar-refractivity contribution in [3.63, 3.8) is 0 Å². The van der Waals surface area contributed by atoms with Crippen LogP contribution in [-0.4, -0.2) is 19.2 Å². The molecule has 0 bridgehead atoms. The van der Waals surface area contributed by atoms with Crippen LogP contribution in [0.2, 0.25) is 0 Å². The van der Waals surface area contributed by atoms with Gasteiger partial charge in [0.15, 0.2) is 0 Å². The number of rotatable bonds is 3. The van der Waals surface area contributed by atoms with Crippen LogP contribution in [0, 0.1) is 12.3 Å². The minimum Gasteiger partial charge on any atom is -0.493 e. The van der Waals surface area contributed by atoms with Crippen LogP contribution in [0.5, 0.6) is 5.75 Å². The van der Waals surface area contributed by atoms with Crippen LogP contribution in [0.15, 0.2) is 24.3 Å². The molecule has 15 heavy (non-hydrogen) atoms. The molecule has 1 N–H and O–H groups in total. The Balaban J connectivity index is 2.23. The van der Waals surface area contributed by atoms with E-state index in [4.69, 9.17) is 11.2 Å². The van der Waals surface area contributed by atoms with E-state index < -0.39 is 0 Å². The summed E-state index contributed by atoms with van der Waals surface area (Å²) >= 11 is 0. The monoisotopic (exact) mass is 201 g/mol. The number of nitrogens with one attached hydrogen (secondary N) is 1. The molecule has 2 rings (SSSR count). The summed E-state index contributed by atoms with van der Waals surface area (Å²) in [7, 11) is 0. The second-order valence-electron chi connectivity index (χ2n) is 3.66. The Morgan fingerprint density at radius 2 is 2.40 bits per heavy atom. The van der Waals surface area contributed by atoms with E-state index in [1.165, 1.54) is 5.56 Å². The quantitative estimate of drug-likeness (QED) is 0.753. The average Bonchev–Trinajstić information content (AvgIpc) is 2.70. The molecule has 0 saturated heterocycles. The second kappa shape index (κ2) is 4.37. The Morgan fingerprint density at radius 3 is 3.13 bits per heavy atom. The van der Waals surface area contributed by atoms with Gasteiger partial charge in [-0.1, -0.05) is 31.0 Å². The van der Waals surface area contributed by atoms with Gasteiger partial charge in [-0.3, -0.25) is 0 Å². The zero-order valence-electron chi connectivity index (χ0n) is 8.86. The van der Waals surface area contributed by atoms with Crippen molar-refractivity contribution in [2.24, 2.45) is 0 Å². The smallest absolute Gasteiger partial charge is 0.123 e. The van der Waals surface area contributed by atoms with Crippen molar-refractivity contribution >= 4 is 0 Å². The van der Waals surface area contributed by atoms with E-state index in [0.717, 1.165) is 12.3 Å². The standard InChI is InChI=1S/C13H15NO/c1-3-12(14-4-2)11-9-15-13-8-6-5-7-10(11)13/h1,5-8,11-12,14H,4,9H2,2H3. The number of benzene rings is 1. The second-order valence-corrected chi connectivity index (χ2v) is 3.66. The number of hydrogen-bond donors (Lipinski definition) is 1. The fraction of sp³-hybridized carbons (Fsp3) is 0.385. The molecule has 0 saturated carbocycles. The molecular weight excluding hydrogens is 186 g/mol. The first-order valence-electron chi connectivity index (χ1n) is 5.28. The highest BCUT2D eigenvalue weighted by Crippen LogP contribution is 2.35. The number of likely N-dealkylation sites (N-methyl/N-ethyl adjacent to an activating group) is 1. The van der Waals surface area contributed by atoms with Gasteiger partial charge in [0.05, 0.1) is 12.6 Å². The van der Waals surface area contributed by atoms with Gasteiger partial charge in [0.25, 0.3) is 0 Å². The lowest BCUT2D eigenvalue weighted by atomic mass is 9.94. The van der Waals surface area contributed by atoms with Crippen LogP contribution in [-0.2, 0) is 0 Å². The number of fused-ring (bicyclic) bond motifs is 1. The predicted octanol–water partition coefficient (Wildman–Crippen LogP) is 1.77. The molecule has 0 radical (unpaired) electrons. The molecule has 2 heteroatoms. The third-order valence-electron chi connectivity index (χ3n) is 2.74. The first-order chi connectivity index (χ1) is 7.36. The normalized spacial score (nSPS) is 20.1. The Hall–Kier alpha value is -1.46. The van der Waals surface area contributed by atoms with Crippen molar-refractivity contribution in [1.82, 2.24) is 5.32 Å². The predicted molar refractivity (Wildman–Crippen MR) is 61.0 cm³/mol. The molecule has 2 unspecified atom stereocenters. The molecule has 0 spiro atoms. The Kier molecular flexibility index (Phi) is 2.94. The topological polar surface area (TPSA) is 21.3 Å². The molecule has 2 atom stereocenters. The summed E-state index contributed by atoms with van der Waals surface area (Å²) in [6.45, 7) is 3.63. The molecule has 2 nitrogen and oxygen atoms in total. The Morgan fingerprint density at radius 1 is 1.60 bits per heavy atom. The largest absolute Gasteiger partial charge is 0.493 e. The summed E-state index contributed by atoms with van der Waals surface area (Å²) in [5, 5.41) is 3.30. The van der Waals surface area contributed by atoms with Gasteiger partial charge in [-0.15, -0.1) is 6.42 Å². The van der Waals surface area contributed by atoms with Gasteiger partial charge in [-0.2, -0.15) is 0 Å². The molecule has 0 aliphatic carbocycles. The lowest BCUT2D eigenvalue weighted by Gasteiger charge is -2.17. The number of ether oxygens (including phenoxy) is 1. The fourth-order valence-corrected chi connectivity index (χ4v) is 2.00. The third kappa shape index (κ3) is 1.84. The van der Waals surface area contributed by atoms with Gasteiger partial charge in [-0.05, 0) is 12.6 Å². The number of terminal acetylenes is 1. The maximum atomic E-state index is 5.60. The first kappa shape index (κ1) is 10.1. The van der Waals surface area contributed by atoms with Crippen molar-refractivity contribution in [3.05, 3.63) is 29.8 Å². The van der Waals surface area contributed by atoms with Crippen molar-refractivity contribution in [2.75, 3.05) is 13.2 Å². The average molecular weight is 201 g/mol. The van der Waals surface area contributed by atoms with E-state index in [-0.39, 0.29) is 12.0 Å². The van der Waals surface area contributed by atoms with Crippen LogP contribution >= 0.6 is 0 Å². The molecule has 1 aliphatic heterocycles. The molecule has 0 aromatic heterocycles. The van der Waals surface area contributed by atoms with Crippen molar-refractivity contribution in [3.8, 4) is 18.1 Å². The summed E-state index contributed by atoms with van der Waals surface area (Å²) in [4.78, 5) is 0. The third-order valence-corrected chi connectivity index (χ3v) is 2.74. The highest BCUT2D eigenvalue weighted by Gasteiger charge is 2.29. The number of para-hydroxylation sites is 1. The molecule has 1 aromatic carbocycles. The summed E-state index contributed by atoms with van der Waals surface area (Å²) in [6, 6.07) is 8.17. The minimum absolute atomic E-state index is 0.0682.